The van der Waals surface area contributed by atoms with Crippen LogP contribution in [0.25, 0.3) is 11.4 Å². The van der Waals surface area contributed by atoms with E-state index in [1.807, 2.05) is 32.3 Å². The smallest absolute Gasteiger partial charge is 0.225 e. The highest BCUT2D eigenvalue weighted by Gasteiger charge is 2.09. The summed E-state index contributed by atoms with van der Waals surface area (Å²) in [4.78, 5) is 14.2. The van der Waals surface area contributed by atoms with Crippen molar-refractivity contribution in [3.05, 3.63) is 29.8 Å². The number of nitrogens with zero attached hydrogens (tertiary/aromatic N) is 4. The molecule has 6 heteroatoms. The van der Waals surface area contributed by atoms with Gasteiger partial charge in [-0.05, 0) is 26.1 Å². The van der Waals surface area contributed by atoms with Crippen molar-refractivity contribution in [1.82, 2.24) is 19.9 Å². The first-order valence-electron chi connectivity index (χ1n) is 6.06. The van der Waals surface area contributed by atoms with Crippen LogP contribution in [-0.2, 0) is 6.42 Å². The Balaban J connectivity index is 2.38. The molecule has 4 N–H and O–H groups in total. The predicted molar refractivity (Wildman–Crippen MR) is 76.3 cm³/mol. The first kappa shape index (κ1) is 13.2. The molecular weight excluding hydrogens is 240 g/mol. The van der Waals surface area contributed by atoms with Crippen molar-refractivity contribution in [2.45, 2.75) is 6.42 Å². The van der Waals surface area contributed by atoms with E-state index in [1.165, 1.54) is 5.56 Å². The van der Waals surface area contributed by atoms with Crippen LogP contribution in [0, 0.1) is 0 Å². The quantitative estimate of drug-likeness (QED) is 0.842. The van der Waals surface area contributed by atoms with E-state index in [0.29, 0.717) is 5.82 Å². The third-order valence-corrected chi connectivity index (χ3v) is 2.76. The highest BCUT2D eigenvalue weighted by Crippen LogP contribution is 2.21. The Bertz CT molecular complexity index is 547. The highest BCUT2D eigenvalue weighted by molar-refractivity contribution is 5.61. The van der Waals surface area contributed by atoms with Crippen molar-refractivity contribution < 1.29 is 0 Å². The zero-order chi connectivity index (χ0) is 13.8. The zero-order valence-corrected chi connectivity index (χ0v) is 11.2. The number of nitrogens with two attached hydrogens (primary N) is 2. The Kier molecular flexibility index (Phi) is 3.91. The first-order valence-corrected chi connectivity index (χ1v) is 6.06. The zero-order valence-electron chi connectivity index (χ0n) is 11.2. The van der Waals surface area contributed by atoms with E-state index in [1.54, 1.807) is 0 Å². The van der Waals surface area contributed by atoms with Crippen molar-refractivity contribution in [3.63, 3.8) is 0 Å². The SMILES string of the molecule is CN(C)CCc1ccccc1-c1nc(N)nc(N)n1. The molecule has 1 aromatic heterocycles. The van der Waals surface area contributed by atoms with Gasteiger partial charge in [0.25, 0.3) is 0 Å². The van der Waals surface area contributed by atoms with Gasteiger partial charge in [-0.25, -0.2) is 0 Å². The lowest BCUT2D eigenvalue weighted by atomic mass is 10.0. The van der Waals surface area contributed by atoms with Gasteiger partial charge in [-0.2, -0.15) is 15.0 Å². The van der Waals surface area contributed by atoms with E-state index < -0.39 is 0 Å². The van der Waals surface area contributed by atoms with E-state index in [4.69, 9.17) is 11.5 Å². The molecule has 0 radical (unpaired) electrons. The first-order chi connectivity index (χ1) is 9.06. The van der Waals surface area contributed by atoms with Gasteiger partial charge in [-0.15, -0.1) is 0 Å². The number of rotatable bonds is 4. The lowest BCUT2D eigenvalue weighted by Crippen LogP contribution is -2.15. The van der Waals surface area contributed by atoms with Crippen molar-refractivity contribution >= 4 is 11.9 Å². The fourth-order valence-electron chi connectivity index (χ4n) is 1.83. The normalized spacial score (nSPS) is 10.9. The minimum absolute atomic E-state index is 0.143. The van der Waals surface area contributed by atoms with Crippen LogP contribution in [0.5, 0.6) is 0 Å². The highest BCUT2D eigenvalue weighted by atomic mass is 15.1. The Morgan fingerprint density at radius 3 is 2.26 bits per heavy atom. The third-order valence-electron chi connectivity index (χ3n) is 2.76. The van der Waals surface area contributed by atoms with Crippen LogP contribution in [0.4, 0.5) is 11.9 Å². The third kappa shape index (κ3) is 3.38. The predicted octanol–water partition coefficient (Wildman–Crippen LogP) is 0.807. The molecule has 0 amide bonds. The molecule has 2 aromatic rings. The van der Waals surface area contributed by atoms with E-state index in [2.05, 4.69) is 25.9 Å². The number of hydrogen-bond donors (Lipinski definition) is 2. The van der Waals surface area contributed by atoms with Crippen LogP contribution in [0.2, 0.25) is 0 Å². The number of hydrogen-bond acceptors (Lipinski definition) is 6. The van der Waals surface area contributed by atoms with Crippen molar-refractivity contribution in [2.75, 3.05) is 32.1 Å². The Labute approximate surface area is 112 Å². The summed E-state index contributed by atoms with van der Waals surface area (Å²) in [6, 6.07) is 7.99. The van der Waals surface area contributed by atoms with E-state index >= 15 is 0 Å². The number of anilines is 2. The molecule has 2 rings (SSSR count). The molecule has 0 aliphatic rings. The summed E-state index contributed by atoms with van der Waals surface area (Å²) < 4.78 is 0. The largest absolute Gasteiger partial charge is 0.368 e. The molecule has 0 fully saturated rings. The molecule has 0 saturated carbocycles. The van der Waals surface area contributed by atoms with E-state index in [9.17, 15) is 0 Å². The van der Waals surface area contributed by atoms with Gasteiger partial charge >= 0.3 is 0 Å². The maximum absolute atomic E-state index is 5.62. The second kappa shape index (κ2) is 5.62. The summed E-state index contributed by atoms with van der Waals surface area (Å²) in [6.07, 6.45) is 0.911. The van der Waals surface area contributed by atoms with Crippen LogP contribution in [0.1, 0.15) is 5.56 Å². The molecule has 0 aliphatic heterocycles. The lowest BCUT2D eigenvalue weighted by Gasteiger charge is -2.12. The average Bonchev–Trinajstić information content (AvgIpc) is 2.35. The Morgan fingerprint density at radius 2 is 1.63 bits per heavy atom. The molecule has 0 bridgehead atoms. The van der Waals surface area contributed by atoms with Crippen LogP contribution in [0.3, 0.4) is 0 Å². The molecule has 0 spiro atoms. The summed E-state index contributed by atoms with van der Waals surface area (Å²) in [7, 11) is 4.09. The number of nitrogen functional groups attached to an aromatic ring is 2. The Hall–Kier alpha value is -2.21. The van der Waals surface area contributed by atoms with E-state index in [0.717, 1.165) is 18.5 Å². The second-order valence-electron chi connectivity index (χ2n) is 4.59. The lowest BCUT2D eigenvalue weighted by molar-refractivity contribution is 0.414. The maximum atomic E-state index is 5.62. The van der Waals surface area contributed by atoms with Gasteiger partial charge in [-0.1, -0.05) is 24.3 Å². The Morgan fingerprint density at radius 1 is 1.00 bits per heavy atom. The molecule has 0 saturated heterocycles. The summed E-state index contributed by atoms with van der Waals surface area (Å²) in [6.45, 7) is 0.951. The molecule has 1 heterocycles. The number of likely N-dealkylation sites (N-methyl/N-ethyl adjacent to an activating group) is 1. The van der Waals surface area contributed by atoms with Gasteiger partial charge in [0, 0.05) is 12.1 Å². The van der Waals surface area contributed by atoms with Crippen LogP contribution < -0.4 is 11.5 Å². The van der Waals surface area contributed by atoms with Gasteiger partial charge in [0.05, 0.1) is 0 Å². The van der Waals surface area contributed by atoms with Crippen LogP contribution >= 0.6 is 0 Å². The van der Waals surface area contributed by atoms with Gasteiger partial charge in [-0.3, -0.25) is 0 Å². The van der Waals surface area contributed by atoms with Crippen LogP contribution in [0.15, 0.2) is 24.3 Å². The van der Waals surface area contributed by atoms with Gasteiger partial charge < -0.3 is 16.4 Å². The molecule has 100 valence electrons. The summed E-state index contributed by atoms with van der Waals surface area (Å²) in [5.41, 5.74) is 13.4. The van der Waals surface area contributed by atoms with Gasteiger partial charge in [0.2, 0.25) is 11.9 Å². The van der Waals surface area contributed by atoms with Crippen molar-refractivity contribution in [2.24, 2.45) is 0 Å². The second-order valence-corrected chi connectivity index (χ2v) is 4.59. The molecule has 19 heavy (non-hydrogen) atoms. The molecule has 1 aromatic carbocycles. The van der Waals surface area contributed by atoms with Gasteiger partial charge in [0.1, 0.15) is 0 Å². The number of aromatic nitrogens is 3. The molecule has 0 atom stereocenters. The van der Waals surface area contributed by atoms with Crippen LogP contribution in [-0.4, -0.2) is 40.5 Å². The van der Waals surface area contributed by atoms with E-state index in [-0.39, 0.29) is 11.9 Å². The average molecular weight is 258 g/mol. The standard InChI is InChI=1S/C13H18N6/c1-19(2)8-7-9-5-3-4-6-10(9)11-16-12(14)18-13(15)17-11/h3-6H,7-8H2,1-2H3,(H4,14,15,16,17,18). The minimum Gasteiger partial charge on any atom is -0.368 e. The fraction of sp³-hybridized carbons (Fsp3) is 0.308. The van der Waals surface area contributed by atoms with Gasteiger partial charge in [0.15, 0.2) is 5.82 Å². The molecular formula is C13H18N6. The molecule has 6 nitrogen and oxygen atoms in total. The molecule has 0 aliphatic carbocycles. The summed E-state index contributed by atoms with van der Waals surface area (Å²) >= 11 is 0. The van der Waals surface area contributed by atoms with Crippen molar-refractivity contribution in [3.8, 4) is 11.4 Å². The monoisotopic (exact) mass is 258 g/mol. The maximum Gasteiger partial charge on any atom is 0.225 e. The summed E-state index contributed by atoms with van der Waals surface area (Å²) in [5, 5.41) is 0. The van der Waals surface area contributed by atoms with Crippen molar-refractivity contribution in [1.29, 1.82) is 0 Å². The minimum atomic E-state index is 0.143. The number of benzene rings is 1. The molecule has 0 unspecified atom stereocenters. The topological polar surface area (TPSA) is 94.0 Å². The summed E-state index contributed by atoms with van der Waals surface area (Å²) in [5.74, 6) is 0.814. The fourth-order valence-corrected chi connectivity index (χ4v) is 1.83.